The molecule has 2 saturated heterocycles. The van der Waals surface area contributed by atoms with Crippen LogP contribution in [0.15, 0.2) is 18.2 Å². The Balaban J connectivity index is 1.75. The third-order valence-electron chi connectivity index (χ3n) is 4.50. The highest BCUT2D eigenvalue weighted by atomic mass is 35.5. The van der Waals surface area contributed by atoms with E-state index in [-0.39, 0.29) is 5.91 Å². The molecule has 2 aliphatic heterocycles. The van der Waals surface area contributed by atoms with Gasteiger partial charge in [0.2, 0.25) is 0 Å². The number of rotatable bonds is 1. The van der Waals surface area contributed by atoms with E-state index in [0.717, 1.165) is 45.4 Å². The molecule has 1 aromatic rings. The SMILES string of the molecule is O=C(c1cc(Cl)cc(Cl)c1)N1CCC2(CCNCC2)C1. The summed E-state index contributed by atoms with van der Waals surface area (Å²) in [5, 5.41) is 4.41. The Bertz CT molecular complexity index is 506. The number of piperidine rings is 1. The zero-order valence-electron chi connectivity index (χ0n) is 11.3. The molecule has 20 heavy (non-hydrogen) atoms. The molecule has 0 unspecified atom stereocenters. The van der Waals surface area contributed by atoms with E-state index in [1.54, 1.807) is 18.2 Å². The summed E-state index contributed by atoms with van der Waals surface area (Å²) in [5.41, 5.74) is 0.914. The second-order valence-corrected chi connectivity index (χ2v) is 6.76. The first-order valence-corrected chi connectivity index (χ1v) is 7.80. The first-order valence-electron chi connectivity index (χ1n) is 7.04. The summed E-state index contributed by atoms with van der Waals surface area (Å²) in [6, 6.07) is 5.05. The fourth-order valence-corrected chi connectivity index (χ4v) is 3.86. The van der Waals surface area contributed by atoms with Crippen molar-refractivity contribution >= 4 is 29.1 Å². The van der Waals surface area contributed by atoms with Crippen LogP contribution >= 0.6 is 23.2 Å². The number of nitrogens with one attached hydrogen (secondary N) is 1. The van der Waals surface area contributed by atoms with E-state index < -0.39 is 0 Å². The van der Waals surface area contributed by atoms with E-state index in [2.05, 4.69) is 5.32 Å². The lowest BCUT2D eigenvalue weighted by Crippen LogP contribution is -2.39. The second-order valence-electron chi connectivity index (χ2n) is 5.88. The summed E-state index contributed by atoms with van der Waals surface area (Å²) in [7, 11) is 0. The van der Waals surface area contributed by atoms with Crippen molar-refractivity contribution in [2.75, 3.05) is 26.2 Å². The highest BCUT2D eigenvalue weighted by molar-refractivity contribution is 6.35. The van der Waals surface area contributed by atoms with E-state index in [9.17, 15) is 4.79 Å². The zero-order valence-corrected chi connectivity index (χ0v) is 12.8. The Morgan fingerprint density at radius 1 is 1.10 bits per heavy atom. The lowest BCUT2D eigenvalue weighted by atomic mass is 9.78. The van der Waals surface area contributed by atoms with Crippen LogP contribution in [-0.2, 0) is 0 Å². The molecule has 2 aliphatic rings. The van der Waals surface area contributed by atoms with Gasteiger partial charge in [-0.3, -0.25) is 4.79 Å². The normalized spacial score (nSPS) is 21.4. The molecule has 0 aromatic heterocycles. The molecule has 0 radical (unpaired) electrons. The first-order chi connectivity index (χ1) is 9.58. The summed E-state index contributed by atoms with van der Waals surface area (Å²) in [6.07, 6.45) is 3.43. The van der Waals surface area contributed by atoms with Crippen LogP contribution in [0.2, 0.25) is 10.0 Å². The molecule has 3 rings (SSSR count). The van der Waals surface area contributed by atoms with Crippen LogP contribution in [0.3, 0.4) is 0 Å². The van der Waals surface area contributed by atoms with Crippen molar-refractivity contribution in [1.29, 1.82) is 0 Å². The number of likely N-dealkylation sites (tertiary alicyclic amines) is 1. The van der Waals surface area contributed by atoms with Crippen LogP contribution in [0.5, 0.6) is 0 Å². The largest absolute Gasteiger partial charge is 0.338 e. The number of halogens is 2. The molecule has 0 aliphatic carbocycles. The van der Waals surface area contributed by atoms with Gasteiger partial charge in [-0.1, -0.05) is 23.2 Å². The molecule has 1 amide bonds. The Kier molecular flexibility index (Phi) is 3.93. The molecule has 0 saturated carbocycles. The third kappa shape index (κ3) is 2.80. The zero-order chi connectivity index (χ0) is 14.2. The Hall–Kier alpha value is -0.770. The Morgan fingerprint density at radius 2 is 1.75 bits per heavy atom. The van der Waals surface area contributed by atoms with Gasteiger partial charge in [-0.25, -0.2) is 0 Å². The smallest absolute Gasteiger partial charge is 0.253 e. The van der Waals surface area contributed by atoms with Gasteiger partial charge in [-0.05, 0) is 56.0 Å². The summed E-state index contributed by atoms with van der Waals surface area (Å²) < 4.78 is 0. The molecule has 2 fully saturated rings. The minimum absolute atomic E-state index is 0.0461. The molecule has 0 atom stereocenters. The quantitative estimate of drug-likeness (QED) is 0.863. The molecule has 1 spiro atoms. The van der Waals surface area contributed by atoms with Crippen molar-refractivity contribution in [2.45, 2.75) is 19.3 Å². The molecule has 2 heterocycles. The predicted octanol–water partition coefficient (Wildman–Crippen LogP) is 3.21. The van der Waals surface area contributed by atoms with Crippen LogP contribution in [0.4, 0.5) is 0 Å². The molecule has 0 bridgehead atoms. The number of amides is 1. The second kappa shape index (κ2) is 5.55. The lowest BCUT2D eigenvalue weighted by molar-refractivity contribution is 0.0762. The molecule has 108 valence electrons. The van der Waals surface area contributed by atoms with Crippen LogP contribution in [0, 0.1) is 5.41 Å². The van der Waals surface area contributed by atoms with Crippen LogP contribution in [-0.4, -0.2) is 37.0 Å². The van der Waals surface area contributed by atoms with Crippen molar-refractivity contribution in [2.24, 2.45) is 5.41 Å². The maximum atomic E-state index is 12.6. The van der Waals surface area contributed by atoms with Gasteiger partial charge in [0, 0.05) is 28.7 Å². The van der Waals surface area contributed by atoms with E-state index in [1.807, 2.05) is 4.90 Å². The average molecular weight is 313 g/mol. The van der Waals surface area contributed by atoms with E-state index in [0.29, 0.717) is 21.0 Å². The van der Waals surface area contributed by atoms with Gasteiger partial charge in [-0.2, -0.15) is 0 Å². The standard InChI is InChI=1S/C15H18Cl2N2O/c16-12-7-11(8-13(17)9-12)14(20)19-6-3-15(10-19)1-4-18-5-2-15/h7-9,18H,1-6,10H2. The lowest BCUT2D eigenvalue weighted by Gasteiger charge is -2.33. The fraction of sp³-hybridized carbons (Fsp3) is 0.533. The Labute approximate surface area is 129 Å². The van der Waals surface area contributed by atoms with E-state index >= 15 is 0 Å². The average Bonchev–Trinajstić information content (AvgIpc) is 2.81. The number of nitrogens with zero attached hydrogens (tertiary/aromatic N) is 1. The summed E-state index contributed by atoms with van der Waals surface area (Å²) in [5.74, 6) is 0.0461. The number of hydrogen-bond donors (Lipinski definition) is 1. The number of benzene rings is 1. The predicted molar refractivity (Wildman–Crippen MR) is 81.5 cm³/mol. The van der Waals surface area contributed by atoms with Crippen LogP contribution in [0.1, 0.15) is 29.6 Å². The maximum absolute atomic E-state index is 12.6. The highest BCUT2D eigenvalue weighted by Gasteiger charge is 2.40. The van der Waals surface area contributed by atoms with Gasteiger partial charge in [0.1, 0.15) is 0 Å². The molecule has 1 aromatic carbocycles. The molecule has 1 N–H and O–H groups in total. The summed E-state index contributed by atoms with van der Waals surface area (Å²) >= 11 is 12.0. The summed E-state index contributed by atoms with van der Waals surface area (Å²) in [4.78, 5) is 14.5. The van der Waals surface area contributed by atoms with Crippen molar-refractivity contribution in [3.05, 3.63) is 33.8 Å². The molecule has 5 heteroatoms. The van der Waals surface area contributed by atoms with Crippen molar-refractivity contribution in [3.63, 3.8) is 0 Å². The first kappa shape index (κ1) is 14.2. The van der Waals surface area contributed by atoms with Gasteiger partial charge in [-0.15, -0.1) is 0 Å². The van der Waals surface area contributed by atoms with Gasteiger partial charge >= 0.3 is 0 Å². The number of carbonyl (C=O) groups excluding carboxylic acids is 1. The van der Waals surface area contributed by atoms with Gasteiger partial charge in [0.15, 0.2) is 0 Å². The molecule has 3 nitrogen and oxygen atoms in total. The minimum Gasteiger partial charge on any atom is -0.338 e. The van der Waals surface area contributed by atoms with Gasteiger partial charge in [0.25, 0.3) is 5.91 Å². The van der Waals surface area contributed by atoms with E-state index in [1.165, 1.54) is 0 Å². The van der Waals surface area contributed by atoms with Crippen LogP contribution < -0.4 is 5.32 Å². The Morgan fingerprint density at radius 3 is 2.40 bits per heavy atom. The third-order valence-corrected chi connectivity index (χ3v) is 4.94. The van der Waals surface area contributed by atoms with Crippen molar-refractivity contribution < 1.29 is 4.79 Å². The minimum atomic E-state index is 0.0461. The topological polar surface area (TPSA) is 32.3 Å². The highest BCUT2D eigenvalue weighted by Crippen LogP contribution is 2.39. The molecular formula is C15H18Cl2N2O. The monoisotopic (exact) mass is 312 g/mol. The maximum Gasteiger partial charge on any atom is 0.253 e. The van der Waals surface area contributed by atoms with Crippen LogP contribution in [0.25, 0.3) is 0 Å². The molecular weight excluding hydrogens is 295 g/mol. The van der Waals surface area contributed by atoms with Gasteiger partial charge in [0.05, 0.1) is 0 Å². The fourth-order valence-electron chi connectivity index (χ4n) is 3.33. The van der Waals surface area contributed by atoms with Crippen molar-refractivity contribution in [3.8, 4) is 0 Å². The summed E-state index contributed by atoms with van der Waals surface area (Å²) in [6.45, 7) is 3.82. The number of hydrogen-bond acceptors (Lipinski definition) is 2. The van der Waals surface area contributed by atoms with Gasteiger partial charge < -0.3 is 10.2 Å². The van der Waals surface area contributed by atoms with E-state index in [4.69, 9.17) is 23.2 Å². The number of carbonyl (C=O) groups is 1. The van der Waals surface area contributed by atoms with Crippen molar-refractivity contribution in [1.82, 2.24) is 10.2 Å².